The summed E-state index contributed by atoms with van der Waals surface area (Å²) < 4.78 is 5.06. The fraction of sp³-hybridized carbons (Fsp3) is 0.538. The van der Waals surface area contributed by atoms with Gasteiger partial charge < -0.3 is 30.5 Å². The molecule has 6 nitrogen and oxygen atoms in total. The van der Waals surface area contributed by atoms with E-state index in [0.29, 0.717) is 11.3 Å². The van der Waals surface area contributed by atoms with E-state index in [0.717, 1.165) is 0 Å². The Morgan fingerprint density at radius 2 is 1.84 bits per heavy atom. The van der Waals surface area contributed by atoms with Gasteiger partial charge in [0.25, 0.3) is 0 Å². The Hall–Kier alpha value is -1.18. The van der Waals surface area contributed by atoms with Crippen LogP contribution in [-0.2, 0) is 0 Å². The van der Waals surface area contributed by atoms with E-state index in [2.05, 4.69) is 5.32 Å². The van der Waals surface area contributed by atoms with Crippen LogP contribution in [0.3, 0.4) is 0 Å². The first kappa shape index (κ1) is 15.9. The summed E-state index contributed by atoms with van der Waals surface area (Å²) in [4.78, 5) is 0. The van der Waals surface area contributed by atoms with Crippen molar-refractivity contribution in [3.63, 3.8) is 0 Å². The van der Waals surface area contributed by atoms with E-state index >= 15 is 0 Å². The summed E-state index contributed by atoms with van der Waals surface area (Å²) in [5.74, 6) is 0.634. The minimum absolute atomic E-state index is 0.0921. The maximum atomic E-state index is 10.0. The molecule has 1 unspecified atom stereocenters. The third kappa shape index (κ3) is 4.15. The van der Waals surface area contributed by atoms with Crippen LogP contribution in [0.2, 0.25) is 0 Å². The Kier molecular flexibility index (Phi) is 6.20. The highest BCUT2D eigenvalue weighted by atomic mass is 16.5. The van der Waals surface area contributed by atoms with Gasteiger partial charge in [-0.15, -0.1) is 0 Å². The molecule has 0 aliphatic carbocycles. The van der Waals surface area contributed by atoms with Crippen LogP contribution < -0.4 is 10.1 Å². The number of hydrogen-bond donors (Lipinski definition) is 5. The topological polar surface area (TPSA) is 102 Å². The molecule has 1 aromatic rings. The zero-order valence-electron chi connectivity index (χ0n) is 10.9. The molecule has 0 aliphatic heterocycles. The standard InChI is InChI=1S/C13H21NO5/c1-19-11-4-2-3-10(5-11)12(18)6-14-13(7-15,8-16)9-17/h2-5,12,14-18H,6-9H2,1H3. The molecule has 0 spiro atoms. The summed E-state index contributed by atoms with van der Waals surface area (Å²) in [5.41, 5.74) is -0.547. The van der Waals surface area contributed by atoms with Crippen molar-refractivity contribution in [1.82, 2.24) is 5.32 Å². The van der Waals surface area contributed by atoms with Gasteiger partial charge in [0.2, 0.25) is 0 Å². The number of β-amino-alcohol motifs (C(OH)–C–C–N with tert-alkyl or cyclic N) is 1. The maximum Gasteiger partial charge on any atom is 0.119 e. The van der Waals surface area contributed by atoms with Crippen LogP contribution in [-0.4, -0.2) is 59.4 Å². The summed E-state index contributed by atoms with van der Waals surface area (Å²) in [6, 6.07) is 6.97. The molecule has 1 rings (SSSR count). The largest absolute Gasteiger partial charge is 0.497 e. The average Bonchev–Trinajstić information content (AvgIpc) is 2.49. The number of hydrogen-bond acceptors (Lipinski definition) is 6. The van der Waals surface area contributed by atoms with Crippen molar-refractivity contribution in [2.45, 2.75) is 11.6 Å². The van der Waals surface area contributed by atoms with Gasteiger partial charge in [0.05, 0.1) is 38.6 Å². The van der Waals surface area contributed by atoms with Gasteiger partial charge in [0.15, 0.2) is 0 Å². The smallest absolute Gasteiger partial charge is 0.119 e. The Morgan fingerprint density at radius 1 is 1.21 bits per heavy atom. The van der Waals surface area contributed by atoms with Gasteiger partial charge in [-0.2, -0.15) is 0 Å². The highest BCUT2D eigenvalue weighted by Crippen LogP contribution is 2.19. The van der Waals surface area contributed by atoms with Crippen LogP contribution >= 0.6 is 0 Å². The van der Waals surface area contributed by atoms with E-state index in [-0.39, 0.29) is 6.54 Å². The fourth-order valence-electron chi connectivity index (χ4n) is 1.60. The second-order valence-corrected chi connectivity index (χ2v) is 4.43. The Bertz CT molecular complexity index is 373. The first-order valence-corrected chi connectivity index (χ1v) is 6.00. The van der Waals surface area contributed by atoms with Crippen LogP contribution in [0.25, 0.3) is 0 Å². The second kappa shape index (κ2) is 7.42. The van der Waals surface area contributed by atoms with Gasteiger partial charge in [-0.25, -0.2) is 0 Å². The van der Waals surface area contributed by atoms with E-state index < -0.39 is 31.5 Å². The van der Waals surface area contributed by atoms with Crippen molar-refractivity contribution >= 4 is 0 Å². The Morgan fingerprint density at radius 3 is 2.37 bits per heavy atom. The average molecular weight is 271 g/mol. The predicted molar refractivity (Wildman–Crippen MR) is 69.9 cm³/mol. The lowest BCUT2D eigenvalue weighted by atomic mass is 10.0. The van der Waals surface area contributed by atoms with Crippen LogP contribution in [0.15, 0.2) is 24.3 Å². The summed E-state index contributed by atoms with van der Waals surface area (Å²) in [5, 5.41) is 40.3. The molecule has 0 bridgehead atoms. The Balaban J connectivity index is 2.66. The molecular formula is C13H21NO5. The van der Waals surface area contributed by atoms with E-state index in [1.54, 1.807) is 24.3 Å². The van der Waals surface area contributed by atoms with Crippen LogP contribution in [0.4, 0.5) is 0 Å². The number of aliphatic hydroxyl groups excluding tert-OH is 4. The van der Waals surface area contributed by atoms with Gasteiger partial charge in [-0.05, 0) is 17.7 Å². The van der Waals surface area contributed by atoms with Crippen LogP contribution in [0, 0.1) is 0 Å². The zero-order valence-corrected chi connectivity index (χ0v) is 10.9. The van der Waals surface area contributed by atoms with Crippen molar-refractivity contribution in [2.75, 3.05) is 33.5 Å². The summed E-state index contributed by atoms with van der Waals surface area (Å²) >= 11 is 0. The minimum Gasteiger partial charge on any atom is -0.497 e. The van der Waals surface area contributed by atoms with Gasteiger partial charge in [-0.1, -0.05) is 12.1 Å². The third-order valence-electron chi connectivity index (χ3n) is 3.06. The molecular weight excluding hydrogens is 250 g/mol. The van der Waals surface area contributed by atoms with Crippen LogP contribution in [0.1, 0.15) is 11.7 Å². The number of nitrogens with one attached hydrogen (secondary N) is 1. The summed E-state index contributed by atoms with van der Waals surface area (Å²) in [6.45, 7) is -1.19. The normalized spacial score (nSPS) is 13.3. The fourth-order valence-corrected chi connectivity index (χ4v) is 1.60. The molecule has 19 heavy (non-hydrogen) atoms. The summed E-state index contributed by atoms with van der Waals surface area (Å²) in [7, 11) is 1.54. The van der Waals surface area contributed by atoms with Crippen LogP contribution in [0.5, 0.6) is 5.75 Å². The SMILES string of the molecule is COc1cccc(C(O)CNC(CO)(CO)CO)c1. The molecule has 1 atom stereocenters. The maximum absolute atomic E-state index is 10.0. The van der Waals surface area contributed by atoms with Crippen molar-refractivity contribution in [3.05, 3.63) is 29.8 Å². The first-order chi connectivity index (χ1) is 9.10. The highest BCUT2D eigenvalue weighted by Gasteiger charge is 2.28. The van der Waals surface area contributed by atoms with Gasteiger partial charge in [-0.3, -0.25) is 0 Å². The number of aliphatic hydroxyl groups is 4. The molecule has 0 radical (unpaired) electrons. The number of methoxy groups -OCH3 is 1. The lowest BCUT2D eigenvalue weighted by molar-refractivity contribution is 0.0322. The molecule has 1 aromatic carbocycles. The third-order valence-corrected chi connectivity index (χ3v) is 3.06. The zero-order chi connectivity index (χ0) is 14.3. The van der Waals surface area contributed by atoms with Crippen molar-refractivity contribution in [3.8, 4) is 5.75 Å². The van der Waals surface area contributed by atoms with E-state index in [9.17, 15) is 5.11 Å². The molecule has 0 amide bonds. The van der Waals surface area contributed by atoms with E-state index in [4.69, 9.17) is 20.1 Å². The number of rotatable bonds is 8. The highest BCUT2D eigenvalue weighted by molar-refractivity contribution is 5.29. The van der Waals surface area contributed by atoms with E-state index in [1.165, 1.54) is 7.11 Å². The number of ether oxygens (including phenoxy) is 1. The summed E-state index contributed by atoms with van der Waals surface area (Å²) in [6.07, 6.45) is -0.834. The lowest BCUT2D eigenvalue weighted by Gasteiger charge is -2.30. The first-order valence-electron chi connectivity index (χ1n) is 6.00. The molecule has 108 valence electrons. The van der Waals surface area contributed by atoms with Gasteiger partial charge in [0.1, 0.15) is 5.75 Å². The van der Waals surface area contributed by atoms with Gasteiger partial charge in [0, 0.05) is 6.54 Å². The molecule has 0 fully saturated rings. The number of benzene rings is 1. The van der Waals surface area contributed by atoms with E-state index in [1.807, 2.05) is 0 Å². The molecule has 0 heterocycles. The monoisotopic (exact) mass is 271 g/mol. The van der Waals surface area contributed by atoms with Crippen molar-refractivity contribution in [2.24, 2.45) is 0 Å². The van der Waals surface area contributed by atoms with Crippen molar-refractivity contribution in [1.29, 1.82) is 0 Å². The predicted octanol–water partition coefficient (Wildman–Crippen LogP) is -0.966. The quantitative estimate of drug-likeness (QED) is 0.417. The lowest BCUT2D eigenvalue weighted by Crippen LogP contribution is -2.55. The Labute approximate surface area is 112 Å². The minimum atomic E-state index is -1.19. The molecule has 0 saturated carbocycles. The molecule has 0 aliphatic rings. The molecule has 6 heteroatoms. The molecule has 0 saturated heterocycles. The molecule has 5 N–H and O–H groups in total. The van der Waals surface area contributed by atoms with Crippen molar-refractivity contribution < 1.29 is 25.2 Å². The van der Waals surface area contributed by atoms with Gasteiger partial charge >= 0.3 is 0 Å². The second-order valence-electron chi connectivity index (χ2n) is 4.43. The molecule has 0 aromatic heterocycles.